The first-order chi connectivity index (χ1) is 15.4. The van der Waals surface area contributed by atoms with E-state index in [4.69, 9.17) is 32.7 Å². The highest BCUT2D eigenvalue weighted by Crippen LogP contribution is 2.19. The van der Waals surface area contributed by atoms with Crippen molar-refractivity contribution in [3.05, 3.63) is 100 Å². The molecule has 7 heteroatoms. The van der Waals surface area contributed by atoms with Gasteiger partial charge in [0.15, 0.2) is 6.10 Å². The lowest BCUT2D eigenvalue weighted by Crippen LogP contribution is -2.29. The van der Waals surface area contributed by atoms with E-state index in [0.717, 1.165) is 11.1 Å². The van der Waals surface area contributed by atoms with Crippen LogP contribution in [0.3, 0.4) is 0 Å². The summed E-state index contributed by atoms with van der Waals surface area (Å²) >= 11 is 11.9. The van der Waals surface area contributed by atoms with Crippen molar-refractivity contribution in [1.29, 1.82) is 0 Å². The van der Waals surface area contributed by atoms with Crippen LogP contribution in [0.4, 0.5) is 5.69 Å². The van der Waals surface area contributed by atoms with Crippen LogP contribution in [0.1, 0.15) is 18.1 Å². The summed E-state index contributed by atoms with van der Waals surface area (Å²) in [7, 11) is 0. The van der Waals surface area contributed by atoms with Gasteiger partial charge < -0.3 is 14.8 Å². The second-order valence-electron chi connectivity index (χ2n) is 6.86. The summed E-state index contributed by atoms with van der Waals surface area (Å²) in [5.41, 5.74) is 2.25. The zero-order chi connectivity index (χ0) is 22.9. The molecule has 1 amide bonds. The zero-order valence-electron chi connectivity index (χ0n) is 17.3. The predicted octanol–water partition coefficient (Wildman–Crippen LogP) is 6.16. The number of carbonyl (C=O) groups is 2. The maximum atomic E-state index is 12.2. The van der Waals surface area contributed by atoms with E-state index in [9.17, 15) is 9.59 Å². The van der Waals surface area contributed by atoms with Crippen molar-refractivity contribution in [2.75, 3.05) is 5.32 Å². The Morgan fingerprint density at radius 2 is 1.66 bits per heavy atom. The molecule has 0 bridgehead atoms. The summed E-state index contributed by atoms with van der Waals surface area (Å²) in [4.78, 5) is 24.2. The number of hydrogen-bond acceptors (Lipinski definition) is 4. The van der Waals surface area contributed by atoms with E-state index in [2.05, 4.69) is 5.32 Å². The minimum Gasteiger partial charge on any atom is -0.489 e. The van der Waals surface area contributed by atoms with Gasteiger partial charge in [-0.15, -0.1) is 0 Å². The van der Waals surface area contributed by atoms with Gasteiger partial charge in [-0.2, -0.15) is 0 Å². The molecule has 1 atom stereocenters. The van der Waals surface area contributed by atoms with Crippen LogP contribution in [0.2, 0.25) is 10.0 Å². The van der Waals surface area contributed by atoms with Crippen LogP contribution in [0.5, 0.6) is 5.75 Å². The Bertz CT molecular complexity index is 1100. The number of carbonyl (C=O) groups excluding carboxylic acids is 2. The van der Waals surface area contributed by atoms with E-state index in [1.165, 1.54) is 13.0 Å². The molecule has 0 saturated carbocycles. The predicted molar refractivity (Wildman–Crippen MR) is 127 cm³/mol. The molecule has 0 heterocycles. The number of benzene rings is 3. The van der Waals surface area contributed by atoms with E-state index < -0.39 is 18.0 Å². The maximum absolute atomic E-state index is 12.2. The van der Waals surface area contributed by atoms with Crippen LogP contribution >= 0.6 is 23.2 Å². The Kier molecular flexibility index (Phi) is 8.31. The fourth-order valence-electron chi connectivity index (χ4n) is 2.66. The molecule has 0 saturated heterocycles. The zero-order valence-corrected chi connectivity index (χ0v) is 18.8. The van der Waals surface area contributed by atoms with Gasteiger partial charge in [0.05, 0.1) is 0 Å². The molecule has 0 aliphatic heterocycles. The molecule has 3 aromatic rings. The highest BCUT2D eigenvalue weighted by Gasteiger charge is 2.16. The average Bonchev–Trinajstić information content (AvgIpc) is 2.79. The lowest BCUT2D eigenvalue weighted by atomic mass is 10.2. The lowest BCUT2D eigenvalue weighted by Gasteiger charge is -2.12. The van der Waals surface area contributed by atoms with E-state index in [1.807, 2.05) is 36.4 Å². The topological polar surface area (TPSA) is 64.6 Å². The number of halogens is 2. The molecular formula is C25H21Cl2NO4. The molecule has 1 unspecified atom stereocenters. The van der Waals surface area contributed by atoms with Gasteiger partial charge in [0, 0.05) is 27.4 Å². The fraction of sp³-hybridized carbons (Fsp3) is 0.120. The maximum Gasteiger partial charge on any atom is 0.331 e. The molecule has 5 nitrogen and oxygen atoms in total. The van der Waals surface area contributed by atoms with Crippen molar-refractivity contribution < 1.29 is 19.1 Å². The summed E-state index contributed by atoms with van der Waals surface area (Å²) in [5.74, 6) is -0.381. The smallest absolute Gasteiger partial charge is 0.331 e. The highest BCUT2D eigenvalue weighted by atomic mass is 35.5. The van der Waals surface area contributed by atoms with Crippen LogP contribution < -0.4 is 10.1 Å². The van der Waals surface area contributed by atoms with Crippen molar-refractivity contribution in [1.82, 2.24) is 0 Å². The normalized spacial score (nSPS) is 11.7. The van der Waals surface area contributed by atoms with E-state index in [-0.39, 0.29) is 0 Å². The third kappa shape index (κ3) is 7.15. The van der Waals surface area contributed by atoms with Gasteiger partial charge in [-0.3, -0.25) is 4.79 Å². The largest absolute Gasteiger partial charge is 0.489 e. The number of ether oxygens (including phenoxy) is 2. The summed E-state index contributed by atoms with van der Waals surface area (Å²) in [5, 5.41) is 3.88. The molecule has 0 spiro atoms. The highest BCUT2D eigenvalue weighted by molar-refractivity contribution is 6.31. The van der Waals surface area contributed by atoms with Crippen LogP contribution in [0, 0.1) is 0 Å². The Labute approximate surface area is 196 Å². The Hall–Kier alpha value is -3.28. The Balaban J connectivity index is 1.47. The van der Waals surface area contributed by atoms with E-state index >= 15 is 0 Å². The third-order valence-electron chi connectivity index (χ3n) is 4.42. The number of rotatable bonds is 8. The second kappa shape index (κ2) is 11.4. The van der Waals surface area contributed by atoms with Gasteiger partial charge >= 0.3 is 5.97 Å². The lowest BCUT2D eigenvalue weighted by molar-refractivity contribution is -0.148. The minimum atomic E-state index is -0.955. The average molecular weight is 470 g/mol. The number of amides is 1. The van der Waals surface area contributed by atoms with Gasteiger partial charge in [0.25, 0.3) is 5.91 Å². The molecule has 0 aromatic heterocycles. The van der Waals surface area contributed by atoms with Gasteiger partial charge in [0.1, 0.15) is 12.4 Å². The van der Waals surface area contributed by atoms with Gasteiger partial charge in [0.2, 0.25) is 0 Å². The molecule has 0 aliphatic carbocycles. The molecule has 0 aliphatic rings. The monoisotopic (exact) mass is 469 g/mol. The minimum absolute atomic E-state index is 0.358. The second-order valence-corrected chi connectivity index (χ2v) is 7.70. The molecule has 1 N–H and O–H groups in total. The SMILES string of the molecule is CC(OC(=O)/C=C/c1ccc(OCc2ccccc2Cl)cc1)C(=O)Nc1ccc(Cl)cc1. The van der Waals surface area contributed by atoms with Crippen LogP contribution in [-0.4, -0.2) is 18.0 Å². The van der Waals surface area contributed by atoms with E-state index in [0.29, 0.717) is 28.1 Å². The van der Waals surface area contributed by atoms with Crippen molar-refractivity contribution in [3.63, 3.8) is 0 Å². The summed E-state index contributed by atoms with van der Waals surface area (Å²) < 4.78 is 10.9. The van der Waals surface area contributed by atoms with Crippen molar-refractivity contribution >= 4 is 46.8 Å². The third-order valence-corrected chi connectivity index (χ3v) is 5.04. The van der Waals surface area contributed by atoms with Gasteiger partial charge in [-0.1, -0.05) is 53.5 Å². The van der Waals surface area contributed by atoms with Gasteiger partial charge in [-0.05, 0) is 61.0 Å². The van der Waals surface area contributed by atoms with E-state index in [1.54, 1.807) is 42.5 Å². The molecule has 3 rings (SSSR count). The quantitative estimate of drug-likeness (QED) is 0.317. The number of nitrogens with one attached hydrogen (secondary N) is 1. The first-order valence-corrected chi connectivity index (χ1v) is 10.6. The fourth-order valence-corrected chi connectivity index (χ4v) is 2.98. The van der Waals surface area contributed by atoms with Crippen LogP contribution in [0.25, 0.3) is 6.08 Å². The molecular weight excluding hydrogens is 449 g/mol. The van der Waals surface area contributed by atoms with Crippen LogP contribution in [0.15, 0.2) is 78.9 Å². The first kappa shape index (κ1) is 23.4. The summed E-state index contributed by atoms with van der Waals surface area (Å²) in [6.07, 6.45) is 1.92. The molecule has 3 aromatic carbocycles. The summed E-state index contributed by atoms with van der Waals surface area (Å²) in [6, 6.07) is 21.3. The van der Waals surface area contributed by atoms with Gasteiger partial charge in [-0.25, -0.2) is 4.79 Å². The Morgan fingerprint density at radius 1 is 0.969 bits per heavy atom. The molecule has 0 radical (unpaired) electrons. The molecule has 32 heavy (non-hydrogen) atoms. The molecule has 0 fully saturated rings. The number of esters is 1. The standard InChI is InChI=1S/C25H21Cl2NO4/c1-17(25(30)28-21-11-9-20(26)10-12-21)32-24(29)15-8-18-6-13-22(14-7-18)31-16-19-4-2-3-5-23(19)27/h2-15,17H,16H2,1H3,(H,28,30)/b15-8+. The van der Waals surface area contributed by atoms with Crippen molar-refractivity contribution in [3.8, 4) is 5.75 Å². The number of anilines is 1. The van der Waals surface area contributed by atoms with Crippen molar-refractivity contribution in [2.24, 2.45) is 0 Å². The van der Waals surface area contributed by atoms with Crippen molar-refractivity contribution in [2.45, 2.75) is 19.6 Å². The summed E-state index contributed by atoms with van der Waals surface area (Å²) in [6.45, 7) is 1.86. The van der Waals surface area contributed by atoms with Crippen LogP contribution in [-0.2, 0) is 20.9 Å². The Morgan fingerprint density at radius 3 is 2.34 bits per heavy atom. The molecule has 164 valence electrons. The number of hydrogen-bond donors (Lipinski definition) is 1. The first-order valence-electron chi connectivity index (χ1n) is 9.82.